The third kappa shape index (κ3) is 4.69. The number of hydrogen-bond acceptors (Lipinski definition) is 3. The number of halogens is 1. The number of nitrogens with one attached hydrogen (secondary N) is 1. The summed E-state index contributed by atoms with van der Waals surface area (Å²) in [7, 11) is 0. The summed E-state index contributed by atoms with van der Waals surface area (Å²) in [4.78, 5) is 12.9. The van der Waals surface area contributed by atoms with Crippen molar-refractivity contribution in [3.8, 4) is 0 Å². The van der Waals surface area contributed by atoms with Crippen LogP contribution in [0.3, 0.4) is 0 Å². The first-order valence-corrected chi connectivity index (χ1v) is 7.65. The molecule has 2 rings (SSSR count). The normalized spacial score (nSPS) is 10.4. The van der Waals surface area contributed by atoms with Gasteiger partial charge in [-0.05, 0) is 46.1 Å². The van der Waals surface area contributed by atoms with E-state index in [-0.39, 0.29) is 5.91 Å². The Bertz CT molecular complexity index is 568. The van der Waals surface area contributed by atoms with Crippen LogP contribution in [0.1, 0.15) is 16.9 Å². The minimum Gasteiger partial charge on any atom is -0.399 e. The fourth-order valence-electron chi connectivity index (χ4n) is 1.73. The summed E-state index contributed by atoms with van der Waals surface area (Å²) in [5.41, 5.74) is 7.53. The van der Waals surface area contributed by atoms with E-state index >= 15 is 0 Å². The van der Waals surface area contributed by atoms with Gasteiger partial charge in [0.2, 0.25) is 5.91 Å². The van der Waals surface area contributed by atoms with Crippen LogP contribution in [0, 0.1) is 0 Å². The zero-order valence-electron chi connectivity index (χ0n) is 10.4. The van der Waals surface area contributed by atoms with Gasteiger partial charge in [0.15, 0.2) is 0 Å². The third-order valence-corrected chi connectivity index (χ3v) is 4.37. The summed E-state index contributed by atoms with van der Waals surface area (Å²) in [6.07, 6.45) is 1.20. The van der Waals surface area contributed by atoms with Crippen molar-refractivity contribution in [1.82, 2.24) is 5.32 Å². The first-order chi connectivity index (χ1) is 9.13. The van der Waals surface area contributed by atoms with Gasteiger partial charge in [0, 0.05) is 26.8 Å². The van der Waals surface area contributed by atoms with Crippen LogP contribution in [-0.2, 0) is 17.8 Å². The average Bonchev–Trinajstić information content (AvgIpc) is 2.80. The van der Waals surface area contributed by atoms with Gasteiger partial charge >= 0.3 is 0 Å². The van der Waals surface area contributed by atoms with E-state index in [0.717, 1.165) is 20.6 Å². The molecule has 100 valence electrons. The monoisotopic (exact) mass is 338 g/mol. The molecule has 0 spiro atoms. The Hall–Kier alpha value is -1.33. The number of hydrogen-bond donors (Lipinski definition) is 2. The SMILES string of the molecule is Nc1cccc(CCC(=O)NCc2cc(Br)cs2)c1. The quantitative estimate of drug-likeness (QED) is 0.821. The van der Waals surface area contributed by atoms with E-state index < -0.39 is 0 Å². The standard InChI is InChI=1S/C14H15BrN2OS/c15-11-7-13(19-9-11)8-17-14(18)5-4-10-2-1-3-12(16)6-10/h1-3,6-7,9H,4-5,8,16H2,(H,17,18). The Morgan fingerprint density at radius 3 is 2.89 bits per heavy atom. The van der Waals surface area contributed by atoms with Gasteiger partial charge < -0.3 is 11.1 Å². The topological polar surface area (TPSA) is 55.1 Å². The lowest BCUT2D eigenvalue weighted by molar-refractivity contribution is -0.121. The molecule has 0 fully saturated rings. The Morgan fingerprint density at radius 2 is 2.21 bits per heavy atom. The molecule has 2 aromatic rings. The van der Waals surface area contributed by atoms with Crippen molar-refractivity contribution in [2.24, 2.45) is 0 Å². The van der Waals surface area contributed by atoms with E-state index in [1.54, 1.807) is 11.3 Å². The van der Waals surface area contributed by atoms with Crippen molar-refractivity contribution in [2.75, 3.05) is 5.73 Å². The number of nitrogen functional groups attached to an aromatic ring is 1. The van der Waals surface area contributed by atoms with Gasteiger partial charge in [-0.15, -0.1) is 11.3 Å². The molecule has 0 aliphatic heterocycles. The van der Waals surface area contributed by atoms with Crippen molar-refractivity contribution in [1.29, 1.82) is 0 Å². The molecular formula is C14H15BrN2OS. The number of nitrogens with two attached hydrogens (primary N) is 1. The molecule has 0 aliphatic rings. The maximum absolute atomic E-state index is 11.7. The lowest BCUT2D eigenvalue weighted by Gasteiger charge is -2.04. The van der Waals surface area contributed by atoms with Crippen LogP contribution in [-0.4, -0.2) is 5.91 Å². The number of amides is 1. The average molecular weight is 339 g/mol. The zero-order valence-corrected chi connectivity index (χ0v) is 12.8. The third-order valence-electron chi connectivity index (χ3n) is 2.67. The Morgan fingerprint density at radius 1 is 1.37 bits per heavy atom. The fourth-order valence-corrected chi connectivity index (χ4v) is 3.12. The maximum Gasteiger partial charge on any atom is 0.220 e. The molecule has 0 radical (unpaired) electrons. The van der Waals surface area contributed by atoms with Gasteiger partial charge in [0.05, 0.1) is 6.54 Å². The second-order valence-corrected chi connectivity index (χ2v) is 6.16. The van der Waals surface area contributed by atoms with Crippen LogP contribution in [0.2, 0.25) is 0 Å². The highest BCUT2D eigenvalue weighted by Gasteiger charge is 2.04. The predicted octanol–water partition coefficient (Wildman–Crippen LogP) is 3.34. The molecule has 1 aromatic heterocycles. The molecule has 1 aromatic carbocycles. The van der Waals surface area contributed by atoms with Gasteiger partial charge in [0.1, 0.15) is 0 Å². The van der Waals surface area contributed by atoms with Crippen LogP contribution in [0.15, 0.2) is 40.2 Å². The van der Waals surface area contributed by atoms with E-state index in [1.807, 2.05) is 35.7 Å². The van der Waals surface area contributed by atoms with Crippen molar-refractivity contribution in [3.05, 3.63) is 50.6 Å². The van der Waals surface area contributed by atoms with E-state index in [4.69, 9.17) is 5.73 Å². The summed E-state index contributed by atoms with van der Waals surface area (Å²) in [5.74, 6) is 0.0620. The van der Waals surface area contributed by atoms with Gasteiger partial charge in [0.25, 0.3) is 0 Å². The predicted molar refractivity (Wildman–Crippen MR) is 83.0 cm³/mol. The van der Waals surface area contributed by atoms with Crippen molar-refractivity contribution < 1.29 is 4.79 Å². The highest BCUT2D eigenvalue weighted by atomic mass is 79.9. The van der Waals surface area contributed by atoms with Gasteiger partial charge in [-0.2, -0.15) is 0 Å². The van der Waals surface area contributed by atoms with E-state index in [1.165, 1.54) is 0 Å². The minimum atomic E-state index is 0.0620. The van der Waals surface area contributed by atoms with E-state index in [0.29, 0.717) is 19.4 Å². The first-order valence-electron chi connectivity index (χ1n) is 5.97. The number of thiophene rings is 1. The number of rotatable bonds is 5. The molecule has 0 saturated carbocycles. The summed E-state index contributed by atoms with van der Waals surface area (Å²) < 4.78 is 1.06. The highest BCUT2D eigenvalue weighted by Crippen LogP contribution is 2.19. The van der Waals surface area contributed by atoms with Crippen molar-refractivity contribution in [2.45, 2.75) is 19.4 Å². The number of benzene rings is 1. The Balaban J connectivity index is 1.75. The molecular weight excluding hydrogens is 324 g/mol. The molecule has 5 heteroatoms. The minimum absolute atomic E-state index is 0.0620. The number of carbonyl (C=O) groups is 1. The van der Waals surface area contributed by atoms with Crippen molar-refractivity contribution >= 4 is 38.9 Å². The molecule has 0 aliphatic carbocycles. The summed E-state index contributed by atoms with van der Waals surface area (Å²) in [5, 5.41) is 4.92. The van der Waals surface area contributed by atoms with Gasteiger partial charge in [-0.3, -0.25) is 4.79 Å². The Labute approximate surface area is 125 Å². The molecule has 0 bridgehead atoms. The second kappa shape index (κ2) is 6.73. The zero-order chi connectivity index (χ0) is 13.7. The smallest absolute Gasteiger partial charge is 0.220 e. The van der Waals surface area contributed by atoms with E-state index in [9.17, 15) is 4.79 Å². The summed E-state index contributed by atoms with van der Waals surface area (Å²) in [6.45, 7) is 0.589. The summed E-state index contributed by atoms with van der Waals surface area (Å²) in [6, 6.07) is 9.66. The largest absolute Gasteiger partial charge is 0.399 e. The lowest BCUT2D eigenvalue weighted by Crippen LogP contribution is -2.22. The molecule has 3 nitrogen and oxygen atoms in total. The highest BCUT2D eigenvalue weighted by molar-refractivity contribution is 9.10. The molecule has 0 unspecified atom stereocenters. The van der Waals surface area contributed by atoms with Gasteiger partial charge in [-0.1, -0.05) is 12.1 Å². The molecule has 0 atom stereocenters. The molecule has 1 amide bonds. The number of aryl methyl sites for hydroxylation is 1. The first kappa shape index (κ1) is 14.1. The molecule has 19 heavy (non-hydrogen) atoms. The van der Waals surface area contributed by atoms with Crippen LogP contribution >= 0.6 is 27.3 Å². The fraction of sp³-hybridized carbons (Fsp3) is 0.214. The number of anilines is 1. The van der Waals surface area contributed by atoms with E-state index in [2.05, 4.69) is 21.2 Å². The van der Waals surface area contributed by atoms with Crippen LogP contribution in [0.4, 0.5) is 5.69 Å². The maximum atomic E-state index is 11.7. The van der Waals surface area contributed by atoms with Crippen LogP contribution in [0.25, 0.3) is 0 Å². The molecule has 3 N–H and O–H groups in total. The summed E-state index contributed by atoms with van der Waals surface area (Å²) >= 11 is 5.02. The Kier molecular flexibility index (Phi) is 4.99. The van der Waals surface area contributed by atoms with Crippen LogP contribution < -0.4 is 11.1 Å². The molecule has 0 saturated heterocycles. The van der Waals surface area contributed by atoms with Crippen LogP contribution in [0.5, 0.6) is 0 Å². The van der Waals surface area contributed by atoms with Gasteiger partial charge in [-0.25, -0.2) is 0 Å². The number of carbonyl (C=O) groups excluding carboxylic acids is 1. The lowest BCUT2D eigenvalue weighted by atomic mass is 10.1. The second-order valence-electron chi connectivity index (χ2n) is 4.25. The molecule has 1 heterocycles. The van der Waals surface area contributed by atoms with Crippen molar-refractivity contribution in [3.63, 3.8) is 0 Å².